The molecule has 0 spiro atoms. The van der Waals surface area contributed by atoms with E-state index in [0.29, 0.717) is 13.0 Å². The van der Waals surface area contributed by atoms with Crippen LogP contribution < -0.4 is 0 Å². The molecule has 1 fully saturated rings. The van der Waals surface area contributed by atoms with Gasteiger partial charge in [0.25, 0.3) is 0 Å². The lowest BCUT2D eigenvalue weighted by atomic mass is 10.2. The number of ether oxygens (including phenoxy) is 1. The molecule has 4 heteroatoms. The molecule has 0 amide bonds. The second-order valence-corrected chi connectivity index (χ2v) is 3.59. The van der Waals surface area contributed by atoms with Gasteiger partial charge in [-0.2, -0.15) is 0 Å². The van der Waals surface area contributed by atoms with Crippen LogP contribution >= 0.6 is 0 Å². The van der Waals surface area contributed by atoms with Gasteiger partial charge in [0.15, 0.2) is 0 Å². The molecule has 0 aromatic rings. The molecule has 4 nitrogen and oxygen atoms in total. The van der Waals surface area contributed by atoms with Crippen molar-refractivity contribution in [2.24, 2.45) is 0 Å². The van der Waals surface area contributed by atoms with Crippen LogP contribution in [0, 0.1) is 0 Å². The third-order valence-corrected chi connectivity index (χ3v) is 2.51. The molecule has 1 N–H and O–H groups in total. The van der Waals surface area contributed by atoms with E-state index >= 15 is 0 Å². The normalized spacial score (nSPS) is 27.9. The van der Waals surface area contributed by atoms with E-state index in [-0.39, 0.29) is 5.97 Å². The number of hydrogen-bond acceptors (Lipinski definition) is 4. The van der Waals surface area contributed by atoms with Gasteiger partial charge in [0.1, 0.15) is 6.04 Å². The first kappa shape index (κ1) is 11.5. The Morgan fingerprint density at radius 1 is 1.57 bits per heavy atom. The van der Waals surface area contributed by atoms with Gasteiger partial charge in [0.2, 0.25) is 0 Å². The van der Waals surface area contributed by atoms with Crippen LogP contribution in [0.3, 0.4) is 0 Å². The predicted molar refractivity (Wildman–Crippen MR) is 52.9 cm³/mol. The lowest BCUT2D eigenvalue weighted by Gasteiger charge is -2.23. The molecule has 0 saturated carbocycles. The highest BCUT2D eigenvalue weighted by atomic mass is 16.5. The second-order valence-electron chi connectivity index (χ2n) is 3.59. The molecule has 0 radical (unpaired) electrons. The third kappa shape index (κ3) is 2.45. The Morgan fingerprint density at radius 3 is 2.86 bits per heavy atom. The van der Waals surface area contributed by atoms with Gasteiger partial charge in [-0.1, -0.05) is 6.92 Å². The van der Waals surface area contributed by atoms with Crippen LogP contribution in [0.2, 0.25) is 0 Å². The molecule has 2 atom stereocenters. The van der Waals surface area contributed by atoms with Crippen LogP contribution in [0.25, 0.3) is 0 Å². The quantitative estimate of drug-likeness (QED) is 0.669. The van der Waals surface area contributed by atoms with Crippen molar-refractivity contribution in [1.82, 2.24) is 4.90 Å². The SMILES string of the molecule is CCCN1CC[C@H](O)[C@H]1C(=O)OCC. The van der Waals surface area contributed by atoms with E-state index < -0.39 is 12.1 Å². The molecule has 1 heterocycles. The summed E-state index contributed by atoms with van der Waals surface area (Å²) in [4.78, 5) is 13.5. The first-order chi connectivity index (χ1) is 6.70. The Hall–Kier alpha value is -0.610. The van der Waals surface area contributed by atoms with Crippen molar-refractivity contribution in [2.45, 2.75) is 38.8 Å². The molecular formula is C10H19NO3. The molecule has 0 aromatic carbocycles. The van der Waals surface area contributed by atoms with Crippen molar-refractivity contribution >= 4 is 5.97 Å². The Balaban J connectivity index is 2.56. The van der Waals surface area contributed by atoms with Gasteiger partial charge in [-0.3, -0.25) is 9.69 Å². The number of nitrogens with zero attached hydrogens (tertiary/aromatic N) is 1. The highest BCUT2D eigenvalue weighted by Gasteiger charge is 2.38. The zero-order valence-corrected chi connectivity index (χ0v) is 8.90. The summed E-state index contributed by atoms with van der Waals surface area (Å²) in [6, 6.07) is -0.435. The van der Waals surface area contributed by atoms with E-state index in [9.17, 15) is 9.90 Å². The monoisotopic (exact) mass is 201 g/mol. The van der Waals surface area contributed by atoms with Crippen LogP contribution in [-0.4, -0.2) is 47.8 Å². The molecule has 0 aliphatic carbocycles. The van der Waals surface area contributed by atoms with Crippen molar-refractivity contribution < 1.29 is 14.6 Å². The second kappa shape index (κ2) is 5.32. The molecule has 82 valence electrons. The van der Waals surface area contributed by atoms with Gasteiger partial charge < -0.3 is 9.84 Å². The minimum Gasteiger partial charge on any atom is -0.465 e. The lowest BCUT2D eigenvalue weighted by Crippen LogP contribution is -2.43. The summed E-state index contributed by atoms with van der Waals surface area (Å²) in [5.74, 6) is -0.286. The molecule has 1 aliphatic heterocycles. The lowest BCUT2D eigenvalue weighted by molar-refractivity contribution is -0.151. The van der Waals surface area contributed by atoms with Crippen LogP contribution in [0.1, 0.15) is 26.7 Å². The number of hydrogen-bond donors (Lipinski definition) is 1. The van der Waals surface area contributed by atoms with Crippen molar-refractivity contribution in [3.05, 3.63) is 0 Å². The molecule has 0 aromatic heterocycles. The van der Waals surface area contributed by atoms with Crippen molar-refractivity contribution in [3.63, 3.8) is 0 Å². The number of aliphatic hydroxyl groups is 1. The summed E-state index contributed by atoms with van der Waals surface area (Å²) in [6.45, 7) is 5.86. The fourth-order valence-electron chi connectivity index (χ4n) is 1.91. The summed E-state index contributed by atoms with van der Waals surface area (Å²) < 4.78 is 4.93. The van der Waals surface area contributed by atoms with Crippen LogP contribution in [0.15, 0.2) is 0 Å². The topological polar surface area (TPSA) is 49.8 Å². The van der Waals surface area contributed by atoms with E-state index in [1.54, 1.807) is 6.92 Å². The fourth-order valence-corrected chi connectivity index (χ4v) is 1.91. The summed E-state index contributed by atoms with van der Waals surface area (Å²) >= 11 is 0. The standard InChI is InChI=1S/C10H19NO3/c1-3-6-11-7-5-8(12)9(11)10(13)14-4-2/h8-9,12H,3-7H2,1-2H3/t8-,9-/m0/s1. The predicted octanol–water partition coefficient (Wildman–Crippen LogP) is 0.395. The highest BCUT2D eigenvalue weighted by molar-refractivity contribution is 5.77. The largest absolute Gasteiger partial charge is 0.465 e. The van der Waals surface area contributed by atoms with Crippen molar-refractivity contribution in [3.8, 4) is 0 Å². The maximum atomic E-state index is 11.5. The number of rotatable bonds is 4. The molecule has 1 saturated heterocycles. The Morgan fingerprint density at radius 2 is 2.29 bits per heavy atom. The van der Waals surface area contributed by atoms with Crippen molar-refractivity contribution in [1.29, 1.82) is 0 Å². The maximum Gasteiger partial charge on any atom is 0.326 e. The Kier molecular flexibility index (Phi) is 4.35. The van der Waals surface area contributed by atoms with Crippen LogP contribution in [0.4, 0.5) is 0 Å². The maximum absolute atomic E-state index is 11.5. The van der Waals surface area contributed by atoms with E-state index in [2.05, 4.69) is 6.92 Å². The van der Waals surface area contributed by atoms with Gasteiger partial charge in [-0.15, -0.1) is 0 Å². The molecule has 1 rings (SSSR count). The average molecular weight is 201 g/mol. The fraction of sp³-hybridized carbons (Fsp3) is 0.900. The Labute approximate surface area is 84.8 Å². The van der Waals surface area contributed by atoms with Crippen LogP contribution in [0.5, 0.6) is 0 Å². The highest BCUT2D eigenvalue weighted by Crippen LogP contribution is 2.19. The summed E-state index contributed by atoms with van der Waals surface area (Å²) in [6.07, 6.45) is 1.10. The smallest absolute Gasteiger partial charge is 0.326 e. The zero-order chi connectivity index (χ0) is 10.6. The summed E-state index contributed by atoms with van der Waals surface area (Å²) in [5.41, 5.74) is 0. The summed E-state index contributed by atoms with van der Waals surface area (Å²) in [5, 5.41) is 9.64. The number of carbonyl (C=O) groups is 1. The van der Waals surface area contributed by atoms with E-state index in [1.807, 2.05) is 4.90 Å². The van der Waals surface area contributed by atoms with Crippen molar-refractivity contribution in [2.75, 3.05) is 19.7 Å². The minimum absolute atomic E-state index is 0.286. The van der Waals surface area contributed by atoms with E-state index in [1.165, 1.54) is 0 Å². The number of carbonyl (C=O) groups excluding carboxylic acids is 1. The summed E-state index contributed by atoms with van der Waals surface area (Å²) in [7, 11) is 0. The molecule has 0 bridgehead atoms. The molecule has 0 unspecified atom stereocenters. The van der Waals surface area contributed by atoms with Gasteiger partial charge in [-0.25, -0.2) is 0 Å². The zero-order valence-electron chi connectivity index (χ0n) is 8.90. The first-order valence-electron chi connectivity index (χ1n) is 5.29. The number of esters is 1. The molecule has 14 heavy (non-hydrogen) atoms. The van der Waals surface area contributed by atoms with Gasteiger partial charge >= 0.3 is 5.97 Å². The number of likely N-dealkylation sites (tertiary alicyclic amines) is 1. The Bertz CT molecular complexity index is 194. The molecule has 1 aliphatic rings. The molecular weight excluding hydrogens is 182 g/mol. The van der Waals surface area contributed by atoms with Gasteiger partial charge in [0, 0.05) is 6.54 Å². The average Bonchev–Trinajstić information content (AvgIpc) is 2.48. The van der Waals surface area contributed by atoms with Gasteiger partial charge in [-0.05, 0) is 26.3 Å². The minimum atomic E-state index is -0.555. The number of aliphatic hydroxyl groups excluding tert-OH is 1. The van der Waals surface area contributed by atoms with Gasteiger partial charge in [0.05, 0.1) is 12.7 Å². The van der Waals surface area contributed by atoms with Crippen LogP contribution in [-0.2, 0) is 9.53 Å². The van der Waals surface area contributed by atoms with E-state index in [0.717, 1.165) is 19.5 Å². The van der Waals surface area contributed by atoms with E-state index in [4.69, 9.17) is 4.74 Å². The third-order valence-electron chi connectivity index (χ3n) is 2.51. The first-order valence-corrected chi connectivity index (χ1v) is 5.29.